The average Bonchev–Trinajstić information content (AvgIpc) is 2.57. The van der Waals surface area contributed by atoms with Crippen molar-refractivity contribution in [2.24, 2.45) is 5.92 Å². The van der Waals surface area contributed by atoms with Crippen molar-refractivity contribution in [1.29, 1.82) is 0 Å². The predicted molar refractivity (Wildman–Crippen MR) is 103 cm³/mol. The van der Waals surface area contributed by atoms with Crippen LogP contribution in [0.15, 0.2) is 0 Å². The van der Waals surface area contributed by atoms with E-state index in [2.05, 4.69) is 4.72 Å². The van der Waals surface area contributed by atoms with Gasteiger partial charge in [-0.3, -0.25) is 4.79 Å². The molecule has 0 amide bonds. The minimum atomic E-state index is -3.37. The van der Waals surface area contributed by atoms with Gasteiger partial charge < -0.3 is 0 Å². The smallest absolute Gasteiger partial charge is 0.214 e. The van der Waals surface area contributed by atoms with Gasteiger partial charge in [-0.25, -0.2) is 13.1 Å². The fourth-order valence-electron chi connectivity index (χ4n) is 4.29. The van der Waals surface area contributed by atoms with Gasteiger partial charge in [0.2, 0.25) is 10.0 Å². The van der Waals surface area contributed by atoms with E-state index in [1.54, 1.807) is 0 Å². The van der Waals surface area contributed by atoms with Crippen LogP contribution >= 0.6 is 0 Å². The van der Waals surface area contributed by atoms with Crippen LogP contribution < -0.4 is 4.72 Å². The van der Waals surface area contributed by atoms with E-state index in [9.17, 15) is 13.2 Å². The number of sulfonamides is 1. The summed E-state index contributed by atoms with van der Waals surface area (Å²) in [5.74, 6) is 0.164. The van der Waals surface area contributed by atoms with Gasteiger partial charge in [-0.2, -0.15) is 0 Å². The third-order valence-corrected chi connectivity index (χ3v) is 7.89. The number of hydrogen-bond donors (Lipinski definition) is 1. The van der Waals surface area contributed by atoms with E-state index < -0.39 is 10.0 Å². The monoisotopic (exact) mass is 371 g/mol. The highest BCUT2D eigenvalue weighted by Gasteiger charge is 2.27. The Kier molecular flexibility index (Phi) is 9.46. The van der Waals surface area contributed by atoms with Crippen molar-refractivity contribution in [3.63, 3.8) is 0 Å². The van der Waals surface area contributed by atoms with Crippen molar-refractivity contribution in [3.05, 3.63) is 0 Å². The van der Waals surface area contributed by atoms with Gasteiger partial charge in [0.1, 0.15) is 0 Å². The fraction of sp³-hybridized carbons (Fsp3) is 0.950. The van der Waals surface area contributed by atoms with Crippen LogP contribution in [0.25, 0.3) is 0 Å². The molecule has 1 N–H and O–H groups in total. The normalized spacial score (nSPS) is 23.5. The molecule has 2 rings (SSSR count). The van der Waals surface area contributed by atoms with Gasteiger partial charge in [-0.15, -0.1) is 0 Å². The topological polar surface area (TPSA) is 63.2 Å². The predicted octanol–water partition coefficient (Wildman–Crippen LogP) is 4.73. The minimum absolute atomic E-state index is 0.00347. The van der Waals surface area contributed by atoms with Crippen LogP contribution in [0.3, 0.4) is 0 Å². The Morgan fingerprint density at radius 2 is 1.08 bits per heavy atom. The zero-order chi connectivity index (χ0) is 18.0. The summed E-state index contributed by atoms with van der Waals surface area (Å²) >= 11 is 0. The highest BCUT2D eigenvalue weighted by atomic mass is 32.2. The van der Waals surface area contributed by atoms with Crippen molar-refractivity contribution in [1.82, 2.24) is 4.72 Å². The standard InChI is InChI=1S/C20H37NO3S/c22-20(18-13-9-5-4-6-10-14-18)17-21-25(23,24)19-15-11-7-2-1-3-8-12-16-19/h18-19,21H,1-17H2. The van der Waals surface area contributed by atoms with E-state index in [1.807, 2.05) is 0 Å². The molecule has 25 heavy (non-hydrogen) atoms. The van der Waals surface area contributed by atoms with Crippen molar-refractivity contribution in [2.45, 2.75) is 108 Å². The summed E-state index contributed by atoms with van der Waals surface area (Å²) in [7, 11) is -3.37. The maximum Gasteiger partial charge on any atom is 0.214 e. The van der Waals surface area contributed by atoms with Crippen LogP contribution in [0.1, 0.15) is 103 Å². The number of rotatable bonds is 5. The van der Waals surface area contributed by atoms with Gasteiger partial charge in [-0.1, -0.05) is 77.0 Å². The summed E-state index contributed by atoms with van der Waals surface area (Å²) in [6.07, 6.45) is 17.2. The molecule has 146 valence electrons. The lowest BCUT2D eigenvalue weighted by Crippen LogP contribution is -2.39. The van der Waals surface area contributed by atoms with Crippen molar-refractivity contribution in [2.75, 3.05) is 6.54 Å². The second kappa shape index (κ2) is 11.3. The molecule has 2 fully saturated rings. The first kappa shape index (κ1) is 20.9. The molecule has 0 unspecified atom stereocenters. The Morgan fingerprint density at radius 1 is 0.680 bits per heavy atom. The fourth-order valence-corrected chi connectivity index (χ4v) is 5.83. The minimum Gasteiger partial charge on any atom is -0.298 e. The molecule has 0 aromatic rings. The Labute approximate surface area is 154 Å². The molecular weight excluding hydrogens is 334 g/mol. The van der Waals surface area contributed by atoms with Crippen LogP contribution in [0, 0.1) is 5.92 Å². The summed E-state index contributed by atoms with van der Waals surface area (Å²) in [6.45, 7) is 0.00347. The molecule has 0 saturated heterocycles. The third-order valence-electron chi connectivity index (χ3n) is 6.00. The summed E-state index contributed by atoms with van der Waals surface area (Å²) < 4.78 is 28.1. The number of carbonyl (C=O) groups is 1. The Balaban J connectivity index is 1.84. The van der Waals surface area contributed by atoms with E-state index >= 15 is 0 Å². The maximum atomic E-state index is 12.7. The van der Waals surface area contributed by atoms with Gasteiger partial charge in [0.25, 0.3) is 0 Å². The Bertz CT molecular complexity index is 471. The molecule has 0 aromatic carbocycles. The molecule has 0 spiro atoms. The van der Waals surface area contributed by atoms with Gasteiger partial charge in [0, 0.05) is 5.92 Å². The average molecular weight is 372 g/mol. The number of carbonyl (C=O) groups excluding carboxylic acids is 1. The molecule has 5 heteroatoms. The molecule has 4 nitrogen and oxygen atoms in total. The van der Waals surface area contributed by atoms with Gasteiger partial charge in [-0.05, 0) is 25.7 Å². The molecule has 2 aliphatic rings. The van der Waals surface area contributed by atoms with Crippen molar-refractivity contribution < 1.29 is 13.2 Å². The number of Topliss-reactive ketones (excluding diaryl/α,β-unsaturated/α-hetero) is 1. The maximum absolute atomic E-state index is 12.7. The summed E-state index contributed by atoms with van der Waals surface area (Å²) in [5, 5.41) is -0.310. The van der Waals surface area contributed by atoms with Crippen LogP contribution in [0.5, 0.6) is 0 Å². The Hall–Kier alpha value is -0.420. The summed E-state index contributed by atoms with van der Waals surface area (Å²) in [6, 6.07) is 0. The van der Waals surface area contributed by atoms with Crippen LogP contribution in [0.4, 0.5) is 0 Å². The number of hydrogen-bond acceptors (Lipinski definition) is 3. The van der Waals surface area contributed by atoms with Gasteiger partial charge in [0.15, 0.2) is 5.78 Å². The number of ketones is 1. The van der Waals surface area contributed by atoms with Crippen LogP contribution in [-0.2, 0) is 14.8 Å². The molecule has 2 aliphatic carbocycles. The highest BCUT2D eigenvalue weighted by Crippen LogP contribution is 2.24. The zero-order valence-electron chi connectivity index (χ0n) is 15.8. The lowest BCUT2D eigenvalue weighted by molar-refractivity contribution is -0.122. The molecule has 0 aromatic heterocycles. The molecular formula is C20H37NO3S. The molecule has 0 atom stereocenters. The molecule has 0 aliphatic heterocycles. The first-order chi connectivity index (χ1) is 12.1. The van der Waals surface area contributed by atoms with Gasteiger partial charge in [0.05, 0.1) is 11.8 Å². The zero-order valence-corrected chi connectivity index (χ0v) is 16.6. The molecule has 0 radical (unpaired) electrons. The van der Waals surface area contributed by atoms with Crippen LogP contribution in [-0.4, -0.2) is 26.0 Å². The van der Waals surface area contributed by atoms with Crippen molar-refractivity contribution >= 4 is 15.8 Å². The second-order valence-corrected chi connectivity index (χ2v) is 10.1. The number of nitrogens with one attached hydrogen (secondary N) is 1. The summed E-state index contributed by atoms with van der Waals surface area (Å²) in [4.78, 5) is 12.5. The van der Waals surface area contributed by atoms with E-state index in [-0.39, 0.29) is 23.5 Å². The molecule has 0 bridgehead atoms. The Morgan fingerprint density at radius 3 is 1.56 bits per heavy atom. The lowest BCUT2D eigenvalue weighted by Gasteiger charge is -2.21. The van der Waals surface area contributed by atoms with Gasteiger partial charge >= 0.3 is 0 Å². The van der Waals surface area contributed by atoms with E-state index in [0.29, 0.717) is 0 Å². The molecule has 0 heterocycles. The largest absolute Gasteiger partial charge is 0.298 e. The SMILES string of the molecule is O=C(CNS(=O)(=O)C1CCCCCCCCC1)C1CCCCCCC1. The summed E-state index contributed by atoms with van der Waals surface area (Å²) in [5.41, 5.74) is 0. The quantitative estimate of drug-likeness (QED) is 0.760. The third kappa shape index (κ3) is 7.78. The molecule has 2 saturated carbocycles. The van der Waals surface area contributed by atoms with Crippen molar-refractivity contribution in [3.8, 4) is 0 Å². The highest BCUT2D eigenvalue weighted by molar-refractivity contribution is 7.90. The van der Waals surface area contributed by atoms with E-state index in [1.165, 1.54) is 38.5 Å². The van der Waals surface area contributed by atoms with Crippen LogP contribution in [0.2, 0.25) is 0 Å². The van der Waals surface area contributed by atoms with E-state index in [4.69, 9.17) is 0 Å². The second-order valence-electron chi connectivity index (χ2n) is 8.05. The van der Waals surface area contributed by atoms with E-state index in [0.717, 1.165) is 64.2 Å². The lowest BCUT2D eigenvalue weighted by atomic mass is 9.88. The first-order valence-corrected chi connectivity index (χ1v) is 12.2. The first-order valence-electron chi connectivity index (χ1n) is 10.6.